The van der Waals surface area contributed by atoms with E-state index in [1.54, 1.807) is 18.2 Å². The Labute approximate surface area is 201 Å². The van der Waals surface area contributed by atoms with Gasteiger partial charge in [0.05, 0.1) is 23.8 Å². The minimum atomic E-state index is -0.698. The van der Waals surface area contributed by atoms with Crippen LogP contribution in [0.5, 0.6) is 17.2 Å². The Kier molecular flexibility index (Phi) is 8.12. The van der Waals surface area contributed by atoms with Crippen molar-refractivity contribution in [1.29, 1.82) is 0 Å². The number of hydrogen-bond donors (Lipinski definition) is 1. The second-order valence-corrected chi connectivity index (χ2v) is 7.38. The Bertz CT molecular complexity index is 1270. The molecular formula is C25H23N3O7. The number of nitrogens with zero attached hydrogens (tertiary/aromatic N) is 2. The van der Waals surface area contributed by atoms with Gasteiger partial charge >= 0.3 is 5.97 Å². The van der Waals surface area contributed by atoms with Crippen LogP contribution in [-0.2, 0) is 4.79 Å². The standard InChI is InChI=1S/C25H23N3O7/c1-16-5-4-6-21(17(16)2)34-15-24(29)27-26-14-18-7-12-22(23(13-18)33-3)35-25(30)19-8-10-20(11-9-19)28(31)32/h4-14H,15H2,1-3H3,(H,27,29)/b26-14+. The maximum atomic E-state index is 12.4. The van der Waals surface area contributed by atoms with E-state index in [0.717, 1.165) is 11.1 Å². The molecule has 180 valence electrons. The summed E-state index contributed by atoms with van der Waals surface area (Å²) in [7, 11) is 1.41. The van der Waals surface area contributed by atoms with Gasteiger partial charge in [0.25, 0.3) is 11.6 Å². The summed E-state index contributed by atoms with van der Waals surface area (Å²) in [5.41, 5.74) is 5.01. The summed E-state index contributed by atoms with van der Waals surface area (Å²) in [4.78, 5) is 34.6. The van der Waals surface area contributed by atoms with Crippen molar-refractivity contribution in [2.24, 2.45) is 5.10 Å². The summed E-state index contributed by atoms with van der Waals surface area (Å²) < 4.78 is 16.2. The molecule has 0 radical (unpaired) electrons. The van der Waals surface area contributed by atoms with Crippen LogP contribution in [0.2, 0.25) is 0 Å². The molecular weight excluding hydrogens is 454 g/mol. The fourth-order valence-corrected chi connectivity index (χ4v) is 2.96. The molecule has 0 aliphatic carbocycles. The highest BCUT2D eigenvalue weighted by atomic mass is 16.6. The van der Waals surface area contributed by atoms with E-state index < -0.39 is 16.8 Å². The quantitative estimate of drug-likeness (QED) is 0.162. The van der Waals surface area contributed by atoms with Crippen molar-refractivity contribution in [2.75, 3.05) is 13.7 Å². The summed E-state index contributed by atoms with van der Waals surface area (Å²) in [5.74, 6) is -0.0843. The van der Waals surface area contributed by atoms with Crippen LogP contribution in [0, 0.1) is 24.0 Å². The zero-order valence-corrected chi connectivity index (χ0v) is 19.3. The van der Waals surface area contributed by atoms with Crippen molar-refractivity contribution in [3.63, 3.8) is 0 Å². The first-order valence-corrected chi connectivity index (χ1v) is 10.4. The molecule has 1 amide bonds. The molecule has 0 saturated carbocycles. The summed E-state index contributed by atoms with van der Waals surface area (Å²) in [6, 6.07) is 15.3. The van der Waals surface area contributed by atoms with Crippen molar-refractivity contribution >= 4 is 23.8 Å². The highest BCUT2D eigenvalue weighted by molar-refractivity contribution is 5.92. The van der Waals surface area contributed by atoms with E-state index in [2.05, 4.69) is 10.5 Å². The van der Waals surface area contributed by atoms with Gasteiger partial charge in [0, 0.05) is 12.1 Å². The van der Waals surface area contributed by atoms with Gasteiger partial charge in [-0.05, 0) is 66.9 Å². The molecule has 3 aromatic carbocycles. The minimum Gasteiger partial charge on any atom is -0.493 e. The van der Waals surface area contributed by atoms with Crippen LogP contribution in [0.15, 0.2) is 65.8 Å². The van der Waals surface area contributed by atoms with E-state index >= 15 is 0 Å². The number of hydrogen-bond acceptors (Lipinski definition) is 8. The van der Waals surface area contributed by atoms with Crippen LogP contribution < -0.4 is 19.6 Å². The van der Waals surface area contributed by atoms with Crippen molar-refractivity contribution in [2.45, 2.75) is 13.8 Å². The summed E-state index contributed by atoms with van der Waals surface area (Å²) >= 11 is 0. The Morgan fingerprint density at radius 3 is 2.46 bits per heavy atom. The lowest BCUT2D eigenvalue weighted by Gasteiger charge is -2.10. The molecule has 0 heterocycles. The highest BCUT2D eigenvalue weighted by Gasteiger charge is 2.14. The van der Waals surface area contributed by atoms with Gasteiger partial charge in [0.2, 0.25) is 0 Å². The van der Waals surface area contributed by atoms with Gasteiger partial charge in [0.1, 0.15) is 5.75 Å². The zero-order valence-electron chi connectivity index (χ0n) is 19.3. The third kappa shape index (κ3) is 6.64. The van der Waals surface area contributed by atoms with Gasteiger partial charge < -0.3 is 14.2 Å². The molecule has 0 aliphatic rings. The van der Waals surface area contributed by atoms with E-state index in [1.807, 2.05) is 26.0 Å². The number of amides is 1. The van der Waals surface area contributed by atoms with Crippen LogP contribution in [0.3, 0.4) is 0 Å². The molecule has 0 aromatic heterocycles. The molecule has 0 fully saturated rings. The first kappa shape index (κ1) is 24.9. The number of nitro benzene ring substituents is 1. The Hall–Kier alpha value is -4.73. The fourth-order valence-electron chi connectivity index (χ4n) is 2.96. The van der Waals surface area contributed by atoms with Crippen LogP contribution >= 0.6 is 0 Å². The first-order chi connectivity index (χ1) is 16.8. The number of methoxy groups -OCH3 is 1. The molecule has 35 heavy (non-hydrogen) atoms. The molecule has 3 aromatic rings. The molecule has 10 nitrogen and oxygen atoms in total. The average Bonchev–Trinajstić information content (AvgIpc) is 2.85. The fraction of sp³-hybridized carbons (Fsp3) is 0.160. The number of esters is 1. The topological polar surface area (TPSA) is 129 Å². The molecule has 10 heteroatoms. The van der Waals surface area contributed by atoms with Crippen LogP contribution in [0.25, 0.3) is 0 Å². The largest absolute Gasteiger partial charge is 0.493 e. The lowest BCUT2D eigenvalue weighted by molar-refractivity contribution is -0.384. The van der Waals surface area contributed by atoms with Crippen molar-refractivity contribution < 1.29 is 28.7 Å². The van der Waals surface area contributed by atoms with Crippen molar-refractivity contribution in [3.05, 3.63) is 93.0 Å². The molecule has 0 atom stereocenters. The molecule has 0 spiro atoms. The summed E-state index contributed by atoms with van der Waals surface area (Å²) in [6.45, 7) is 3.69. The number of carbonyl (C=O) groups is 2. The predicted molar refractivity (Wildman–Crippen MR) is 128 cm³/mol. The minimum absolute atomic E-state index is 0.133. The smallest absolute Gasteiger partial charge is 0.343 e. The number of ether oxygens (including phenoxy) is 3. The third-order valence-electron chi connectivity index (χ3n) is 5.02. The number of hydrazone groups is 1. The average molecular weight is 477 g/mol. The highest BCUT2D eigenvalue weighted by Crippen LogP contribution is 2.28. The lowest BCUT2D eigenvalue weighted by atomic mass is 10.1. The number of aryl methyl sites for hydroxylation is 1. The molecule has 0 saturated heterocycles. The molecule has 0 aliphatic heterocycles. The maximum absolute atomic E-state index is 12.4. The number of nitro groups is 1. The van der Waals surface area contributed by atoms with Gasteiger partial charge in [-0.15, -0.1) is 0 Å². The van der Waals surface area contributed by atoms with E-state index in [-0.39, 0.29) is 29.4 Å². The Balaban J connectivity index is 1.58. The van der Waals surface area contributed by atoms with E-state index in [4.69, 9.17) is 14.2 Å². The second-order valence-electron chi connectivity index (χ2n) is 7.38. The van der Waals surface area contributed by atoms with Crippen LogP contribution in [-0.4, -0.2) is 36.7 Å². The summed E-state index contributed by atoms with van der Waals surface area (Å²) in [5, 5.41) is 14.7. The second kappa shape index (κ2) is 11.4. The number of non-ortho nitro benzene ring substituents is 1. The van der Waals surface area contributed by atoms with E-state index in [9.17, 15) is 19.7 Å². The van der Waals surface area contributed by atoms with Gasteiger partial charge in [0.15, 0.2) is 18.1 Å². The van der Waals surface area contributed by atoms with Gasteiger partial charge in [-0.2, -0.15) is 5.10 Å². The van der Waals surface area contributed by atoms with Crippen LogP contribution in [0.4, 0.5) is 5.69 Å². The van der Waals surface area contributed by atoms with E-state index in [1.165, 1.54) is 43.7 Å². The van der Waals surface area contributed by atoms with Crippen molar-refractivity contribution in [1.82, 2.24) is 5.43 Å². The zero-order chi connectivity index (χ0) is 25.4. The monoisotopic (exact) mass is 477 g/mol. The summed E-state index contributed by atoms with van der Waals surface area (Å²) in [6.07, 6.45) is 1.40. The van der Waals surface area contributed by atoms with Crippen LogP contribution in [0.1, 0.15) is 27.0 Å². The van der Waals surface area contributed by atoms with Crippen molar-refractivity contribution in [3.8, 4) is 17.2 Å². The Morgan fingerprint density at radius 1 is 1.03 bits per heavy atom. The number of carbonyl (C=O) groups excluding carboxylic acids is 2. The first-order valence-electron chi connectivity index (χ1n) is 10.4. The lowest BCUT2D eigenvalue weighted by Crippen LogP contribution is -2.24. The molecule has 0 unspecified atom stereocenters. The maximum Gasteiger partial charge on any atom is 0.343 e. The number of rotatable bonds is 9. The molecule has 0 bridgehead atoms. The molecule has 1 N–H and O–H groups in total. The Morgan fingerprint density at radius 2 is 1.77 bits per heavy atom. The van der Waals surface area contributed by atoms with Gasteiger partial charge in [-0.25, -0.2) is 10.2 Å². The number of nitrogens with one attached hydrogen (secondary N) is 1. The normalized spacial score (nSPS) is 10.6. The predicted octanol–water partition coefficient (Wildman–Crippen LogP) is 3.97. The number of benzene rings is 3. The van der Waals surface area contributed by atoms with Gasteiger partial charge in [-0.1, -0.05) is 12.1 Å². The molecule has 3 rings (SSSR count). The SMILES string of the molecule is COc1cc(/C=N/NC(=O)COc2cccc(C)c2C)ccc1OC(=O)c1ccc([N+](=O)[O-])cc1. The van der Waals surface area contributed by atoms with Gasteiger partial charge in [-0.3, -0.25) is 14.9 Å². The third-order valence-corrected chi connectivity index (χ3v) is 5.02. The van der Waals surface area contributed by atoms with E-state index in [0.29, 0.717) is 11.3 Å².